The molecule has 0 atom stereocenters. The van der Waals surface area contributed by atoms with E-state index in [1.807, 2.05) is 6.92 Å². The molecule has 0 aliphatic heterocycles. The monoisotopic (exact) mass is 294 g/mol. The first kappa shape index (κ1) is 14.5. The number of hydrogen-bond donors (Lipinski definition) is 3. The van der Waals surface area contributed by atoms with Crippen LogP contribution in [0.3, 0.4) is 0 Å². The van der Waals surface area contributed by atoms with E-state index in [-0.39, 0.29) is 4.90 Å². The smallest absolute Gasteiger partial charge is 0.240 e. The summed E-state index contributed by atoms with van der Waals surface area (Å²) in [5.74, 6) is 0.851. The zero-order valence-corrected chi connectivity index (χ0v) is 12.1. The minimum absolute atomic E-state index is 0.193. The van der Waals surface area contributed by atoms with E-state index >= 15 is 0 Å². The number of benzene rings is 1. The predicted octanol–water partition coefficient (Wildman–Crippen LogP) is 1.21. The first-order valence-electron chi connectivity index (χ1n) is 6.33. The molecule has 0 saturated heterocycles. The van der Waals surface area contributed by atoms with Gasteiger partial charge in [0.1, 0.15) is 5.82 Å². The number of nitrogens with one attached hydrogen (secondary N) is 2. The van der Waals surface area contributed by atoms with Crippen LogP contribution < -0.4 is 10.5 Å². The highest BCUT2D eigenvalue weighted by Crippen LogP contribution is 2.16. The zero-order valence-electron chi connectivity index (χ0n) is 11.3. The first-order valence-corrected chi connectivity index (χ1v) is 7.81. The quantitative estimate of drug-likeness (QED) is 0.550. The lowest BCUT2D eigenvalue weighted by atomic mass is 10.2. The van der Waals surface area contributed by atoms with Crippen LogP contribution in [0.1, 0.15) is 17.8 Å². The highest BCUT2D eigenvalue weighted by atomic mass is 32.2. The number of rotatable bonds is 6. The summed E-state index contributed by atoms with van der Waals surface area (Å²) in [6.45, 7) is 2.19. The Labute approximate surface area is 118 Å². The molecule has 0 saturated carbocycles. The van der Waals surface area contributed by atoms with Gasteiger partial charge >= 0.3 is 0 Å². The summed E-state index contributed by atoms with van der Waals surface area (Å²) >= 11 is 0. The van der Waals surface area contributed by atoms with Gasteiger partial charge in [-0.15, -0.1) is 0 Å². The average molecular weight is 294 g/mol. The van der Waals surface area contributed by atoms with Gasteiger partial charge in [-0.25, -0.2) is 18.1 Å². The molecule has 4 N–H and O–H groups in total. The van der Waals surface area contributed by atoms with E-state index < -0.39 is 10.0 Å². The molecular weight excluding hydrogens is 276 g/mol. The van der Waals surface area contributed by atoms with Gasteiger partial charge in [0, 0.05) is 31.0 Å². The fraction of sp³-hybridized carbons (Fsp3) is 0.308. The minimum atomic E-state index is -3.50. The predicted molar refractivity (Wildman–Crippen MR) is 77.7 cm³/mol. The lowest BCUT2D eigenvalue weighted by Crippen LogP contribution is -2.25. The lowest BCUT2D eigenvalue weighted by molar-refractivity contribution is 0.578. The number of anilines is 1. The Morgan fingerprint density at radius 2 is 2.20 bits per heavy atom. The van der Waals surface area contributed by atoms with Gasteiger partial charge in [0.15, 0.2) is 0 Å². The third-order valence-electron chi connectivity index (χ3n) is 3.00. The number of H-pyrrole nitrogens is 1. The maximum absolute atomic E-state index is 12.1. The van der Waals surface area contributed by atoms with E-state index in [9.17, 15) is 8.42 Å². The van der Waals surface area contributed by atoms with E-state index in [1.54, 1.807) is 24.5 Å². The molecule has 1 aromatic carbocycles. The maximum atomic E-state index is 12.1. The third-order valence-corrected chi connectivity index (χ3v) is 4.46. The molecule has 0 spiro atoms. The summed E-state index contributed by atoms with van der Waals surface area (Å²) in [6.07, 6.45) is 4.79. The van der Waals surface area contributed by atoms with Gasteiger partial charge in [0.2, 0.25) is 10.0 Å². The van der Waals surface area contributed by atoms with Crippen LogP contribution in [-0.4, -0.2) is 24.9 Å². The van der Waals surface area contributed by atoms with Crippen LogP contribution in [-0.2, 0) is 16.4 Å². The lowest BCUT2D eigenvalue weighted by Gasteiger charge is -2.08. The number of nitrogens with two attached hydrogens (primary N) is 1. The van der Waals surface area contributed by atoms with Crippen molar-refractivity contribution in [3.05, 3.63) is 42.0 Å². The molecule has 2 rings (SSSR count). The molecule has 20 heavy (non-hydrogen) atoms. The molecule has 2 aromatic rings. The van der Waals surface area contributed by atoms with Crippen LogP contribution in [0.4, 0.5) is 5.69 Å². The molecule has 1 heterocycles. The first-order chi connectivity index (χ1) is 9.49. The molecule has 108 valence electrons. The number of nitrogen functional groups attached to an aromatic ring is 1. The van der Waals surface area contributed by atoms with Crippen molar-refractivity contribution in [2.24, 2.45) is 0 Å². The molecule has 6 nitrogen and oxygen atoms in total. The van der Waals surface area contributed by atoms with Crippen molar-refractivity contribution in [2.75, 3.05) is 12.3 Å². The van der Waals surface area contributed by atoms with E-state index in [1.165, 1.54) is 6.07 Å². The van der Waals surface area contributed by atoms with Crippen LogP contribution in [0.15, 0.2) is 35.5 Å². The highest BCUT2D eigenvalue weighted by Gasteiger charge is 2.14. The van der Waals surface area contributed by atoms with Crippen molar-refractivity contribution in [1.29, 1.82) is 0 Å². The van der Waals surface area contributed by atoms with Gasteiger partial charge in [-0.1, -0.05) is 6.07 Å². The molecular formula is C13H18N4O2S. The number of nitrogens with zero attached hydrogens (tertiary/aromatic N) is 1. The summed E-state index contributed by atoms with van der Waals surface area (Å²) in [4.78, 5) is 7.25. The summed E-state index contributed by atoms with van der Waals surface area (Å²) in [7, 11) is -3.50. The standard InChI is InChI=1S/C13H18N4O2S/c1-10-4-5-11(9-12(10)14)20(18,19)17-6-2-3-13-15-7-8-16-13/h4-5,7-9,17H,2-3,6,14H2,1H3,(H,15,16). The minimum Gasteiger partial charge on any atom is -0.398 e. The topological polar surface area (TPSA) is 101 Å². The molecule has 0 fully saturated rings. The van der Waals surface area contributed by atoms with E-state index in [0.29, 0.717) is 25.1 Å². The van der Waals surface area contributed by atoms with Gasteiger partial charge in [0.25, 0.3) is 0 Å². The van der Waals surface area contributed by atoms with E-state index in [0.717, 1.165) is 11.4 Å². The van der Waals surface area contributed by atoms with Crippen molar-refractivity contribution in [2.45, 2.75) is 24.7 Å². The summed E-state index contributed by atoms with van der Waals surface area (Å²) in [5, 5.41) is 0. The second kappa shape index (κ2) is 6.06. The Balaban J connectivity index is 1.92. The van der Waals surface area contributed by atoms with Gasteiger partial charge in [-0.05, 0) is 31.0 Å². The normalized spacial score (nSPS) is 11.7. The number of imidazole rings is 1. The van der Waals surface area contributed by atoms with Crippen molar-refractivity contribution in [3.63, 3.8) is 0 Å². The average Bonchev–Trinajstić information content (AvgIpc) is 2.91. The largest absolute Gasteiger partial charge is 0.398 e. The Morgan fingerprint density at radius 3 is 2.85 bits per heavy atom. The Morgan fingerprint density at radius 1 is 1.40 bits per heavy atom. The summed E-state index contributed by atoms with van der Waals surface area (Å²) in [6, 6.07) is 4.73. The van der Waals surface area contributed by atoms with Gasteiger partial charge in [-0.3, -0.25) is 0 Å². The number of sulfonamides is 1. The van der Waals surface area contributed by atoms with Crippen LogP contribution in [0.2, 0.25) is 0 Å². The SMILES string of the molecule is Cc1ccc(S(=O)(=O)NCCCc2ncc[nH]2)cc1N. The molecule has 0 aliphatic rings. The molecule has 0 radical (unpaired) electrons. The Kier molecular flexibility index (Phi) is 4.41. The molecule has 0 bridgehead atoms. The number of aromatic amines is 1. The zero-order chi connectivity index (χ0) is 14.6. The van der Waals surface area contributed by atoms with Gasteiger partial charge in [0.05, 0.1) is 4.90 Å². The van der Waals surface area contributed by atoms with Crippen LogP contribution in [0, 0.1) is 6.92 Å². The molecule has 0 unspecified atom stereocenters. The van der Waals surface area contributed by atoms with Gasteiger partial charge < -0.3 is 10.7 Å². The summed E-state index contributed by atoms with van der Waals surface area (Å²) < 4.78 is 26.7. The van der Waals surface area contributed by atoms with Crippen molar-refractivity contribution >= 4 is 15.7 Å². The van der Waals surface area contributed by atoms with Gasteiger partial charge in [-0.2, -0.15) is 0 Å². The number of hydrogen-bond acceptors (Lipinski definition) is 4. The summed E-state index contributed by atoms with van der Waals surface area (Å²) in [5.41, 5.74) is 7.07. The Bertz CT molecular complexity index is 666. The molecule has 7 heteroatoms. The Hall–Kier alpha value is -1.86. The van der Waals surface area contributed by atoms with Crippen LogP contribution >= 0.6 is 0 Å². The van der Waals surface area contributed by atoms with Crippen LogP contribution in [0.25, 0.3) is 0 Å². The number of aryl methyl sites for hydroxylation is 2. The molecule has 0 amide bonds. The van der Waals surface area contributed by atoms with Crippen molar-refractivity contribution in [1.82, 2.24) is 14.7 Å². The second-order valence-corrected chi connectivity index (χ2v) is 6.32. The van der Waals surface area contributed by atoms with Crippen molar-refractivity contribution < 1.29 is 8.42 Å². The molecule has 1 aromatic heterocycles. The fourth-order valence-corrected chi connectivity index (χ4v) is 2.88. The fourth-order valence-electron chi connectivity index (χ4n) is 1.77. The highest BCUT2D eigenvalue weighted by molar-refractivity contribution is 7.89. The van der Waals surface area contributed by atoms with E-state index in [2.05, 4.69) is 14.7 Å². The molecule has 0 aliphatic carbocycles. The van der Waals surface area contributed by atoms with Crippen LogP contribution in [0.5, 0.6) is 0 Å². The third kappa shape index (κ3) is 3.58. The van der Waals surface area contributed by atoms with E-state index in [4.69, 9.17) is 5.73 Å². The maximum Gasteiger partial charge on any atom is 0.240 e. The van der Waals surface area contributed by atoms with Crippen molar-refractivity contribution in [3.8, 4) is 0 Å². The second-order valence-electron chi connectivity index (χ2n) is 4.56. The number of aromatic nitrogens is 2.